The lowest BCUT2D eigenvalue weighted by Gasteiger charge is -2.20. The van der Waals surface area contributed by atoms with Gasteiger partial charge in [0.1, 0.15) is 23.3 Å². The summed E-state index contributed by atoms with van der Waals surface area (Å²) in [6.07, 6.45) is 2.17. The molecule has 154 valence electrons. The molecule has 2 aromatic carbocycles. The summed E-state index contributed by atoms with van der Waals surface area (Å²) in [6.45, 7) is 3.90. The predicted octanol–water partition coefficient (Wildman–Crippen LogP) is 4.66. The highest BCUT2D eigenvalue weighted by atomic mass is 16.5. The van der Waals surface area contributed by atoms with Crippen LogP contribution in [0.1, 0.15) is 34.9 Å². The summed E-state index contributed by atoms with van der Waals surface area (Å²) in [5, 5.41) is 6.10. The second-order valence-electron chi connectivity index (χ2n) is 7.24. The topological polar surface area (TPSA) is 64.3 Å². The maximum absolute atomic E-state index is 13.0. The molecule has 0 radical (unpaired) electrons. The molecular weight excluding hydrogens is 380 g/mol. The number of amides is 1. The van der Waals surface area contributed by atoms with Gasteiger partial charge in [-0.15, -0.1) is 0 Å². The fraction of sp³-hybridized carbons (Fsp3) is 0.250. The number of hydrogen-bond donors (Lipinski definition) is 0. The van der Waals surface area contributed by atoms with Gasteiger partial charge in [-0.25, -0.2) is 5.01 Å². The van der Waals surface area contributed by atoms with E-state index in [1.807, 2.05) is 68.4 Å². The van der Waals surface area contributed by atoms with E-state index in [-0.39, 0.29) is 18.6 Å². The molecule has 0 fully saturated rings. The van der Waals surface area contributed by atoms with E-state index in [0.717, 1.165) is 28.2 Å². The second-order valence-corrected chi connectivity index (χ2v) is 7.24. The van der Waals surface area contributed by atoms with Gasteiger partial charge in [0.15, 0.2) is 6.61 Å². The molecule has 6 heteroatoms. The monoisotopic (exact) mass is 404 g/mol. The van der Waals surface area contributed by atoms with E-state index in [4.69, 9.17) is 13.9 Å². The number of rotatable bonds is 6. The molecule has 0 bridgehead atoms. The number of benzene rings is 2. The number of hydrogen-bond acceptors (Lipinski definition) is 5. The predicted molar refractivity (Wildman–Crippen MR) is 114 cm³/mol. The molecule has 1 aliphatic rings. The van der Waals surface area contributed by atoms with E-state index in [1.54, 1.807) is 13.4 Å². The first-order valence-corrected chi connectivity index (χ1v) is 9.83. The zero-order valence-electron chi connectivity index (χ0n) is 17.3. The molecule has 30 heavy (non-hydrogen) atoms. The van der Waals surface area contributed by atoms with Crippen LogP contribution in [0.15, 0.2) is 70.4 Å². The molecule has 0 saturated heterocycles. The zero-order valence-corrected chi connectivity index (χ0v) is 17.3. The highest BCUT2D eigenvalue weighted by Gasteiger charge is 2.35. The molecule has 0 N–H and O–H groups in total. The van der Waals surface area contributed by atoms with Crippen LogP contribution in [-0.4, -0.2) is 30.3 Å². The van der Waals surface area contributed by atoms with Gasteiger partial charge in [-0.2, -0.15) is 5.10 Å². The van der Waals surface area contributed by atoms with E-state index in [9.17, 15) is 4.79 Å². The molecule has 0 saturated carbocycles. The standard InChI is InChI=1S/C24H24N2O4/c1-16-6-4-7-22(17(16)2)30-15-24(27)26-21(23-8-5-13-29-23)14-20(25-26)18-9-11-19(28-3)12-10-18/h4-13,21H,14-15H2,1-3H3. The van der Waals surface area contributed by atoms with Crippen molar-refractivity contribution in [1.29, 1.82) is 0 Å². The van der Waals surface area contributed by atoms with E-state index < -0.39 is 0 Å². The van der Waals surface area contributed by atoms with Crippen molar-refractivity contribution in [1.82, 2.24) is 5.01 Å². The number of methoxy groups -OCH3 is 1. The smallest absolute Gasteiger partial charge is 0.281 e. The normalized spacial score (nSPS) is 15.8. The minimum absolute atomic E-state index is 0.0963. The number of aryl methyl sites for hydroxylation is 1. The number of carbonyl (C=O) groups excluding carboxylic acids is 1. The molecule has 3 aromatic rings. The third kappa shape index (κ3) is 3.94. The Morgan fingerprint density at radius 2 is 1.93 bits per heavy atom. The molecule has 0 aliphatic carbocycles. The largest absolute Gasteiger partial charge is 0.497 e. The van der Waals surface area contributed by atoms with Crippen molar-refractivity contribution >= 4 is 11.6 Å². The minimum atomic E-state index is -0.299. The van der Waals surface area contributed by atoms with Crippen molar-refractivity contribution in [3.05, 3.63) is 83.3 Å². The molecule has 1 amide bonds. The van der Waals surface area contributed by atoms with Crippen LogP contribution in [0.3, 0.4) is 0 Å². The van der Waals surface area contributed by atoms with Crippen LogP contribution >= 0.6 is 0 Å². The lowest BCUT2D eigenvalue weighted by molar-refractivity contribution is -0.135. The molecule has 4 rings (SSSR count). The van der Waals surface area contributed by atoms with E-state index >= 15 is 0 Å². The summed E-state index contributed by atoms with van der Waals surface area (Å²) >= 11 is 0. The van der Waals surface area contributed by atoms with Crippen LogP contribution in [0.5, 0.6) is 11.5 Å². The number of ether oxygens (including phenoxy) is 2. The fourth-order valence-electron chi connectivity index (χ4n) is 3.49. The number of carbonyl (C=O) groups is 1. The first-order valence-electron chi connectivity index (χ1n) is 9.83. The van der Waals surface area contributed by atoms with Crippen molar-refractivity contribution in [3.8, 4) is 11.5 Å². The maximum Gasteiger partial charge on any atom is 0.281 e. The van der Waals surface area contributed by atoms with Gasteiger partial charge in [-0.3, -0.25) is 4.79 Å². The SMILES string of the molecule is COc1ccc(C2=NN(C(=O)COc3cccc(C)c3C)C(c3ccco3)C2)cc1. The Hall–Kier alpha value is -3.54. The number of hydrazone groups is 1. The van der Waals surface area contributed by atoms with Crippen molar-refractivity contribution in [2.45, 2.75) is 26.3 Å². The third-order valence-corrected chi connectivity index (χ3v) is 5.37. The zero-order chi connectivity index (χ0) is 21.1. The minimum Gasteiger partial charge on any atom is -0.497 e. The third-order valence-electron chi connectivity index (χ3n) is 5.37. The van der Waals surface area contributed by atoms with Crippen molar-refractivity contribution in [2.24, 2.45) is 5.10 Å². The lowest BCUT2D eigenvalue weighted by Crippen LogP contribution is -2.31. The summed E-state index contributed by atoms with van der Waals surface area (Å²) in [7, 11) is 1.63. The van der Waals surface area contributed by atoms with Crippen LogP contribution < -0.4 is 9.47 Å². The van der Waals surface area contributed by atoms with Crippen LogP contribution in [-0.2, 0) is 4.79 Å². The number of nitrogens with zero attached hydrogens (tertiary/aromatic N) is 2. The van der Waals surface area contributed by atoms with Gasteiger partial charge in [-0.05, 0) is 73.0 Å². The van der Waals surface area contributed by atoms with Gasteiger partial charge >= 0.3 is 0 Å². The van der Waals surface area contributed by atoms with Gasteiger partial charge < -0.3 is 13.9 Å². The highest BCUT2D eigenvalue weighted by Crippen LogP contribution is 2.33. The van der Waals surface area contributed by atoms with Crippen LogP contribution in [0.4, 0.5) is 0 Å². The van der Waals surface area contributed by atoms with Gasteiger partial charge in [-0.1, -0.05) is 12.1 Å². The highest BCUT2D eigenvalue weighted by molar-refractivity contribution is 6.03. The summed E-state index contributed by atoms with van der Waals surface area (Å²) in [6, 6.07) is 16.8. The average Bonchev–Trinajstić information content (AvgIpc) is 3.44. The van der Waals surface area contributed by atoms with Crippen molar-refractivity contribution in [2.75, 3.05) is 13.7 Å². The maximum atomic E-state index is 13.0. The molecule has 1 aliphatic heterocycles. The van der Waals surface area contributed by atoms with E-state index in [2.05, 4.69) is 5.10 Å². The van der Waals surface area contributed by atoms with Crippen LogP contribution in [0.25, 0.3) is 0 Å². The Morgan fingerprint density at radius 1 is 1.13 bits per heavy atom. The molecule has 1 atom stereocenters. The van der Waals surface area contributed by atoms with Gasteiger partial charge in [0.2, 0.25) is 0 Å². The summed E-state index contributed by atoms with van der Waals surface area (Å²) in [5.74, 6) is 1.95. The molecule has 0 spiro atoms. The lowest BCUT2D eigenvalue weighted by atomic mass is 10.0. The average molecular weight is 404 g/mol. The quantitative estimate of drug-likeness (QED) is 0.599. The van der Waals surface area contributed by atoms with Crippen molar-refractivity contribution < 1.29 is 18.7 Å². The Labute approximate surface area is 175 Å². The Balaban J connectivity index is 1.56. The molecule has 1 unspecified atom stereocenters. The Bertz CT molecular complexity index is 1060. The van der Waals surface area contributed by atoms with Crippen LogP contribution in [0.2, 0.25) is 0 Å². The summed E-state index contributed by atoms with van der Waals surface area (Å²) in [4.78, 5) is 13.0. The Morgan fingerprint density at radius 3 is 2.63 bits per heavy atom. The Kier molecular flexibility index (Phi) is 5.57. The molecule has 6 nitrogen and oxygen atoms in total. The van der Waals surface area contributed by atoms with E-state index in [1.165, 1.54) is 5.01 Å². The number of furan rings is 1. The molecule has 2 heterocycles. The summed E-state index contributed by atoms with van der Waals surface area (Å²) < 4.78 is 16.6. The first kappa shape index (κ1) is 19.8. The molecular formula is C24H24N2O4. The fourth-order valence-corrected chi connectivity index (χ4v) is 3.49. The van der Waals surface area contributed by atoms with Crippen LogP contribution in [0, 0.1) is 13.8 Å². The van der Waals surface area contributed by atoms with E-state index in [0.29, 0.717) is 17.9 Å². The van der Waals surface area contributed by atoms with Crippen molar-refractivity contribution in [3.63, 3.8) is 0 Å². The molecule has 1 aromatic heterocycles. The van der Waals surface area contributed by atoms with Gasteiger partial charge in [0.05, 0.1) is 19.1 Å². The van der Waals surface area contributed by atoms with Gasteiger partial charge in [0.25, 0.3) is 5.91 Å². The second kappa shape index (κ2) is 8.45. The first-order chi connectivity index (χ1) is 14.6. The van der Waals surface area contributed by atoms with Gasteiger partial charge in [0, 0.05) is 6.42 Å². The summed E-state index contributed by atoms with van der Waals surface area (Å²) in [5.41, 5.74) is 3.91.